The van der Waals surface area contributed by atoms with Crippen LogP contribution in [0.2, 0.25) is 0 Å². The largest absolute Gasteiger partial charge is 0.444 e. The molecular formula is C29H38N6O2. The quantitative estimate of drug-likeness (QED) is 0.652. The molecule has 2 fully saturated rings. The van der Waals surface area contributed by atoms with E-state index in [0.717, 1.165) is 56.9 Å². The summed E-state index contributed by atoms with van der Waals surface area (Å²) in [7, 11) is 0. The van der Waals surface area contributed by atoms with Gasteiger partial charge in [0.2, 0.25) is 0 Å². The second-order valence-corrected chi connectivity index (χ2v) is 10.2. The van der Waals surface area contributed by atoms with Gasteiger partial charge in [-0.15, -0.1) is 0 Å². The summed E-state index contributed by atoms with van der Waals surface area (Å²) in [5.41, 5.74) is 3.24. The van der Waals surface area contributed by atoms with Gasteiger partial charge in [-0.3, -0.25) is 0 Å². The topological polar surface area (TPSA) is 95.6 Å². The van der Waals surface area contributed by atoms with E-state index < -0.39 is 5.60 Å². The van der Waals surface area contributed by atoms with Crippen LogP contribution in [0.15, 0.2) is 48.5 Å². The number of benzene rings is 2. The lowest BCUT2D eigenvalue weighted by atomic mass is 10.2. The van der Waals surface area contributed by atoms with E-state index in [0.29, 0.717) is 18.7 Å². The number of nitrogens with zero attached hydrogens (tertiary/aromatic N) is 5. The highest BCUT2D eigenvalue weighted by Gasteiger charge is 2.24. The Balaban J connectivity index is 0.000000220. The Morgan fingerprint density at radius 2 is 1.30 bits per heavy atom. The van der Waals surface area contributed by atoms with E-state index in [1.807, 2.05) is 69.3 Å². The molecule has 2 aromatic rings. The third-order valence-electron chi connectivity index (χ3n) is 6.21. The van der Waals surface area contributed by atoms with E-state index in [9.17, 15) is 4.79 Å². The second-order valence-electron chi connectivity index (χ2n) is 10.2. The number of hydrogen-bond donors (Lipinski definition) is 1. The first-order valence-electron chi connectivity index (χ1n) is 13.0. The van der Waals surface area contributed by atoms with E-state index in [4.69, 9.17) is 15.3 Å². The summed E-state index contributed by atoms with van der Waals surface area (Å²) in [6, 6.07) is 19.7. The molecule has 2 aliphatic rings. The Morgan fingerprint density at radius 3 is 1.84 bits per heavy atom. The summed E-state index contributed by atoms with van der Waals surface area (Å²) in [6.07, 6.45) is 1.84. The van der Waals surface area contributed by atoms with E-state index in [-0.39, 0.29) is 6.09 Å². The Kier molecular flexibility index (Phi) is 10.2. The lowest BCUT2D eigenvalue weighted by molar-refractivity contribution is 0.0263. The zero-order valence-electron chi connectivity index (χ0n) is 22.2. The number of carbonyl (C=O) groups is 1. The summed E-state index contributed by atoms with van der Waals surface area (Å²) < 4.78 is 5.44. The standard InChI is InChI=1S/C17H23N3O2.C12H15N3/c1-17(2,3)22-16(21)20-10-4-9-19(11-12-20)15-7-5-14(13-18)6-8-15;13-10-11-2-4-12(5-3-11)15-8-1-6-14-7-9-15/h5-8H,4,9-12H2,1-3H3;2-5,14H,1,6-9H2. The van der Waals surface area contributed by atoms with Crippen molar-refractivity contribution in [1.29, 1.82) is 10.5 Å². The van der Waals surface area contributed by atoms with Gasteiger partial charge in [-0.05, 0) is 88.7 Å². The van der Waals surface area contributed by atoms with E-state index in [1.165, 1.54) is 12.1 Å². The molecular weight excluding hydrogens is 464 g/mol. The van der Waals surface area contributed by atoms with Gasteiger partial charge in [-0.1, -0.05) is 0 Å². The van der Waals surface area contributed by atoms with Gasteiger partial charge in [0.15, 0.2) is 0 Å². The maximum Gasteiger partial charge on any atom is 0.410 e. The molecule has 0 aliphatic carbocycles. The van der Waals surface area contributed by atoms with Gasteiger partial charge in [-0.2, -0.15) is 10.5 Å². The smallest absolute Gasteiger partial charge is 0.410 e. The van der Waals surface area contributed by atoms with Crippen molar-refractivity contribution in [3.05, 3.63) is 59.7 Å². The highest BCUT2D eigenvalue weighted by Crippen LogP contribution is 2.19. The predicted octanol–water partition coefficient (Wildman–Crippen LogP) is 4.36. The van der Waals surface area contributed by atoms with Gasteiger partial charge in [-0.25, -0.2) is 4.79 Å². The maximum absolute atomic E-state index is 12.1. The highest BCUT2D eigenvalue weighted by molar-refractivity contribution is 5.68. The Hall–Kier alpha value is -3.75. The van der Waals surface area contributed by atoms with Gasteiger partial charge in [0.1, 0.15) is 5.60 Å². The SMILES string of the molecule is CC(C)(C)OC(=O)N1CCCN(c2ccc(C#N)cc2)CC1.N#Cc1ccc(N2CCCNCC2)cc1. The van der Waals surface area contributed by atoms with Gasteiger partial charge < -0.3 is 24.8 Å². The number of nitriles is 2. The van der Waals surface area contributed by atoms with Crippen molar-refractivity contribution in [1.82, 2.24) is 10.2 Å². The molecule has 196 valence electrons. The lowest BCUT2D eigenvalue weighted by Gasteiger charge is -2.27. The predicted molar refractivity (Wildman–Crippen MR) is 147 cm³/mol. The normalized spacial score (nSPS) is 16.3. The molecule has 0 radical (unpaired) electrons. The third kappa shape index (κ3) is 9.00. The molecule has 37 heavy (non-hydrogen) atoms. The van der Waals surface area contributed by atoms with E-state index >= 15 is 0 Å². The first kappa shape index (κ1) is 27.8. The molecule has 2 heterocycles. The monoisotopic (exact) mass is 502 g/mol. The van der Waals surface area contributed by atoms with Crippen molar-refractivity contribution in [3.63, 3.8) is 0 Å². The molecule has 0 saturated carbocycles. The minimum Gasteiger partial charge on any atom is -0.444 e. The molecule has 0 unspecified atom stereocenters. The number of rotatable bonds is 2. The second kappa shape index (κ2) is 13.5. The van der Waals surface area contributed by atoms with Crippen LogP contribution in [0.25, 0.3) is 0 Å². The highest BCUT2D eigenvalue weighted by atomic mass is 16.6. The summed E-state index contributed by atoms with van der Waals surface area (Å²) in [4.78, 5) is 18.5. The minimum absolute atomic E-state index is 0.242. The average Bonchev–Trinajstić information content (AvgIpc) is 3.32. The van der Waals surface area contributed by atoms with Gasteiger partial charge in [0, 0.05) is 57.2 Å². The third-order valence-corrected chi connectivity index (χ3v) is 6.21. The fraction of sp³-hybridized carbons (Fsp3) is 0.483. The van der Waals surface area contributed by atoms with E-state index in [2.05, 4.69) is 27.3 Å². The van der Waals surface area contributed by atoms with Gasteiger partial charge in [0.25, 0.3) is 0 Å². The van der Waals surface area contributed by atoms with Crippen LogP contribution in [0.5, 0.6) is 0 Å². The zero-order chi connectivity index (χ0) is 26.7. The first-order valence-corrected chi connectivity index (χ1v) is 13.0. The molecule has 0 bridgehead atoms. The number of anilines is 2. The molecule has 2 aromatic carbocycles. The molecule has 1 N–H and O–H groups in total. The first-order chi connectivity index (χ1) is 17.8. The van der Waals surface area contributed by atoms with Gasteiger partial charge >= 0.3 is 6.09 Å². The molecule has 4 rings (SSSR count). The molecule has 0 atom stereocenters. The average molecular weight is 503 g/mol. The van der Waals surface area contributed by atoms with Crippen molar-refractivity contribution in [2.24, 2.45) is 0 Å². The molecule has 1 amide bonds. The number of nitrogens with one attached hydrogen (secondary N) is 1. The summed E-state index contributed by atoms with van der Waals surface area (Å²) >= 11 is 0. The number of carbonyl (C=O) groups excluding carboxylic acids is 1. The Bertz CT molecular complexity index is 1070. The summed E-state index contributed by atoms with van der Waals surface area (Å²) in [6.45, 7) is 13.0. The maximum atomic E-state index is 12.1. The number of ether oxygens (including phenoxy) is 1. The number of amides is 1. The van der Waals surface area contributed by atoms with Crippen molar-refractivity contribution in [2.75, 3.05) is 62.2 Å². The molecule has 8 heteroatoms. The van der Waals surface area contributed by atoms with Crippen LogP contribution in [0.4, 0.5) is 16.2 Å². The molecule has 0 spiro atoms. The zero-order valence-corrected chi connectivity index (χ0v) is 22.2. The number of hydrogen-bond acceptors (Lipinski definition) is 7. The van der Waals surface area contributed by atoms with Crippen LogP contribution < -0.4 is 15.1 Å². The van der Waals surface area contributed by atoms with Crippen LogP contribution in [0.3, 0.4) is 0 Å². The van der Waals surface area contributed by atoms with Crippen molar-refractivity contribution in [2.45, 2.75) is 39.2 Å². The molecule has 0 aromatic heterocycles. The van der Waals surface area contributed by atoms with Gasteiger partial charge in [0.05, 0.1) is 23.3 Å². The Morgan fingerprint density at radius 1 is 0.757 bits per heavy atom. The molecule has 8 nitrogen and oxygen atoms in total. The van der Waals surface area contributed by atoms with Crippen LogP contribution in [0, 0.1) is 22.7 Å². The lowest BCUT2D eigenvalue weighted by Crippen LogP contribution is -2.39. The molecule has 2 saturated heterocycles. The fourth-order valence-electron chi connectivity index (χ4n) is 4.28. The van der Waals surface area contributed by atoms with E-state index in [1.54, 1.807) is 4.90 Å². The minimum atomic E-state index is -0.462. The van der Waals surface area contributed by atoms with Crippen molar-refractivity contribution >= 4 is 17.5 Å². The van der Waals surface area contributed by atoms with Crippen molar-refractivity contribution in [3.8, 4) is 12.1 Å². The summed E-state index contributed by atoms with van der Waals surface area (Å²) in [5.74, 6) is 0. The van der Waals surface area contributed by atoms with Crippen molar-refractivity contribution < 1.29 is 9.53 Å². The molecule has 2 aliphatic heterocycles. The van der Waals surface area contributed by atoms with Crippen LogP contribution >= 0.6 is 0 Å². The van der Waals surface area contributed by atoms with Crippen LogP contribution in [-0.4, -0.2) is 69.0 Å². The van der Waals surface area contributed by atoms with Crippen LogP contribution in [-0.2, 0) is 4.74 Å². The summed E-state index contributed by atoms with van der Waals surface area (Å²) in [5, 5.41) is 20.9. The Labute approximate surface area is 221 Å². The fourth-order valence-corrected chi connectivity index (χ4v) is 4.28. The van der Waals surface area contributed by atoms with Crippen LogP contribution in [0.1, 0.15) is 44.7 Å².